The second-order valence-corrected chi connectivity index (χ2v) is 6.36. The van der Waals surface area contributed by atoms with Crippen molar-refractivity contribution < 1.29 is 4.39 Å². The summed E-state index contributed by atoms with van der Waals surface area (Å²) in [6.07, 6.45) is 1.73. The lowest BCUT2D eigenvalue weighted by Gasteiger charge is -2.09. The van der Waals surface area contributed by atoms with Crippen molar-refractivity contribution in [3.05, 3.63) is 59.3 Å². The Balaban J connectivity index is 1.91. The van der Waals surface area contributed by atoms with Gasteiger partial charge in [-0.2, -0.15) is 0 Å². The Morgan fingerprint density at radius 3 is 2.52 bits per heavy atom. The van der Waals surface area contributed by atoms with E-state index >= 15 is 0 Å². The van der Waals surface area contributed by atoms with Crippen molar-refractivity contribution in [3.8, 4) is 11.3 Å². The first-order valence-corrected chi connectivity index (χ1v) is 8.13. The summed E-state index contributed by atoms with van der Waals surface area (Å²) in [6.45, 7) is 5.00. The molecular formula is C19H22FN5. The van der Waals surface area contributed by atoms with E-state index in [9.17, 15) is 4.39 Å². The number of hydrogen-bond donors (Lipinski definition) is 2. The molecule has 0 spiro atoms. The average molecular weight is 339 g/mol. The van der Waals surface area contributed by atoms with Crippen LogP contribution in [0.2, 0.25) is 0 Å². The molecule has 0 aliphatic heterocycles. The maximum Gasteiger partial charge on any atom is 0.227 e. The van der Waals surface area contributed by atoms with Crippen molar-refractivity contribution in [2.24, 2.45) is 0 Å². The fourth-order valence-electron chi connectivity index (χ4n) is 2.89. The van der Waals surface area contributed by atoms with E-state index in [1.54, 1.807) is 18.3 Å². The number of aromatic amines is 1. The van der Waals surface area contributed by atoms with Gasteiger partial charge < -0.3 is 15.2 Å². The number of halogens is 1. The lowest BCUT2D eigenvalue weighted by molar-refractivity contribution is 0.396. The van der Waals surface area contributed by atoms with Gasteiger partial charge in [-0.1, -0.05) is 0 Å². The predicted octanol–water partition coefficient (Wildman–Crippen LogP) is 4.03. The molecule has 0 bridgehead atoms. The van der Waals surface area contributed by atoms with Crippen molar-refractivity contribution in [3.63, 3.8) is 0 Å². The van der Waals surface area contributed by atoms with Gasteiger partial charge in [-0.3, -0.25) is 0 Å². The van der Waals surface area contributed by atoms with Crippen molar-refractivity contribution in [2.45, 2.75) is 20.4 Å². The number of anilines is 2. The lowest BCUT2D eigenvalue weighted by Crippen LogP contribution is -2.11. The number of aryl methyl sites for hydroxylation is 1. The Bertz CT molecular complexity index is 868. The first-order valence-electron chi connectivity index (χ1n) is 8.13. The topological polar surface area (TPSA) is 56.8 Å². The number of H-pyrrole nitrogens is 1. The van der Waals surface area contributed by atoms with Gasteiger partial charge in [-0.05, 0) is 63.8 Å². The zero-order valence-corrected chi connectivity index (χ0v) is 14.9. The number of hydrogen-bond acceptors (Lipinski definition) is 4. The quantitative estimate of drug-likeness (QED) is 0.737. The van der Waals surface area contributed by atoms with Crippen LogP contribution in [0.25, 0.3) is 11.3 Å². The first kappa shape index (κ1) is 17.1. The number of benzene rings is 1. The molecule has 0 saturated carbocycles. The summed E-state index contributed by atoms with van der Waals surface area (Å²) >= 11 is 0. The molecule has 0 aliphatic rings. The monoisotopic (exact) mass is 339 g/mol. The number of nitrogens with one attached hydrogen (secondary N) is 2. The second kappa shape index (κ2) is 7.03. The second-order valence-electron chi connectivity index (χ2n) is 6.36. The molecule has 0 aliphatic carbocycles. The standard InChI is InChI=1S/C19H22FN5/c1-12-17(11-25(3)4)22-13(2)18(12)16-9-10-21-19(24-16)23-15-7-5-14(20)6-8-15/h5-10,22H,11H2,1-4H3,(H,21,23,24). The van der Waals surface area contributed by atoms with Gasteiger partial charge in [0.25, 0.3) is 0 Å². The van der Waals surface area contributed by atoms with Crippen LogP contribution in [0.5, 0.6) is 0 Å². The van der Waals surface area contributed by atoms with Crippen LogP contribution in [-0.2, 0) is 6.54 Å². The minimum absolute atomic E-state index is 0.271. The highest BCUT2D eigenvalue weighted by Gasteiger charge is 2.15. The molecule has 3 aromatic rings. The lowest BCUT2D eigenvalue weighted by atomic mass is 10.1. The molecular weight excluding hydrogens is 317 g/mol. The highest BCUT2D eigenvalue weighted by molar-refractivity contribution is 5.69. The molecule has 0 amide bonds. The van der Waals surface area contributed by atoms with Gasteiger partial charge >= 0.3 is 0 Å². The summed E-state index contributed by atoms with van der Waals surface area (Å²) in [7, 11) is 4.09. The summed E-state index contributed by atoms with van der Waals surface area (Å²) in [4.78, 5) is 14.5. The zero-order chi connectivity index (χ0) is 18.0. The highest BCUT2D eigenvalue weighted by Crippen LogP contribution is 2.29. The number of rotatable bonds is 5. The minimum Gasteiger partial charge on any atom is -0.361 e. The summed E-state index contributed by atoms with van der Waals surface area (Å²) in [5.74, 6) is 0.213. The molecule has 0 radical (unpaired) electrons. The third-order valence-electron chi connectivity index (χ3n) is 4.03. The third kappa shape index (κ3) is 3.85. The average Bonchev–Trinajstić information content (AvgIpc) is 2.83. The summed E-state index contributed by atoms with van der Waals surface area (Å²) < 4.78 is 13.0. The minimum atomic E-state index is -0.271. The van der Waals surface area contributed by atoms with Crippen LogP contribution < -0.4 is 5.32 Å². The van der Waals surface area contributed by atoms with Gasteiger partial charge in [-0.15, -0.1) is 0 Å². The molecule has 130 valence electrons. The molecule has 0 atom stereocenters. The maximum absolute atomic E-state index is 13.0. The van der Waals surface area contributed by atoms with Gasteiger partial charge in [0.2, 0.25) is 5.95 Å². The SMILES string of the molecule is Cc1[nH]c(CN(C)C)c(C)c1-c1ccnc(Nc2ccc(F)cc2)n1. The molecule has 0 unspecified atom stereocenters. The number of nitrogens with zero attached hydrogens (tertiary/aromatic N) is 3. The van der Waals surface area contributed by atoms with Crippen LogP contribution in [0.4, 0.5) is 16.0 Å². The van der Waals surface area contributed by atoms with E-state index in [1.165, 1.54) is 23.4 Å². The fourth-order valence-corrected chi connectivity index (χ4v) is 2.89. The van der Waals surface area contributed by atoms with Crippen molar-refractivity contribution in [1.82, 2.24) is 19.9 Å². The Kier molecular flexibility index (Phi) is 4.81. The van der Waals surface area contributed by atoms with E-state index < -0.39 is 0 Å². The Morgan fingerprint density at radius 1 is 1.12 bits per heavy atom. The maximum atomic E-state index is 13.0. The predicted molar refractivity (Wildman–Crippen MR) is 98.4 cm³/mol. The first-order chi connectivity index (χ1) is 11.9. The van der Waals surface area contributed by atoms with E-state index in [0.29, 0.717) is 5.95 Å². The van der Waals surface area contributed by atoms with Crippen LogP contribution in [-0.4, -0.2) is 33.9 Å². The van der Waals surface area contributed by atoms with Gasteiger partial charge in [0.1, 0.15) is 5.82 Å². The smallest absolute Gasteiger partial charge is 0.227 e. The van der Waals surface area contributed by atoms with Crippen LogP contribution in [0, 0.1) is 19.7 Å². The van der Waals surface area contributed by atoms with E-state index in [0.717, 1.165) is 29.2 Å². The zero-order valence-electron chi connectivity index (χ0n) is 14.9. The molecule has 2 aromatic heterocycles. The van der Waals surface area contributed by atoms with Gasteiger partial charge in [0.15, 0.2) is 0 Å². The molecule has 3 rings (SSSR count). The molecule has 1 aromatic carbocycles. The molecule has 5 nitrogen and oxygen atoms in total. The Hall–Kier alpha value is -2.73. The molecule has 0 saturated heterocycles. The van der Waals surface area contributed by atoms with E-state index in [4.69, 9.17) is 0 Å². The Morgan fingerprint density at radius 2 is 1.84 bits per heavy atom. The largest absolute Gasteiger partial charge is 0.361 e. The van der Waals surface area contributed by atoms with Crippen molar-refractivity contribution in [1.29, 1.82) is 0 Å². The molecule has 25 heavy (non-hydrogen) atoms. The third-order valence-corrected chi connectivity index (χ3v) is 4.03. The van der Waals surface area contributed by atoms with Crippen molar-refractivity contribution in [2.75, 3.05) is 19.4 Å². The highest BCUT2D eigenvalue weighted by atomic mass is 19.1. The van der Waals surface area contributed by atoms with E-state index in [2.05, 4.69) is 39.0 Å². The van der Waals surface area contributed by atoms with E-state index in [-0.39, 0.29) is 5.82 Å². The molecule has 6 heteroatoms. The normalized spacial score (nSPS) is 11.1. The van der Waals surface area contributed by atoms with Gasteiger partial charge in [-0.25, -0.2) is 14.4 Å². The molecule has 0 fully saturated rings. The van der Waals surface area contributed by atoms with Gasteiger partial charge in [0.05, 0.1) is 5.69 Å². The summed E-state index contributed by atoms with van der Waals surface area (Å²) in [5, 5.41) is 3.11. The molecule has 2 N–H and O–H groups in total. The number of aromatic nitrogens is 3. The summed E-state index contributed by atoms with van der Waals surface area (Å²) in [5.41, 5.74) is 6.16. The molecule has 2 heterocycles. The van der Waals surface area contributed by atoms with Crippen LogP contribution >= 0.6 is 0 Å². The van der Waals surface area contributed by atoms with Crippen LogP contribution in [0.15, 0.2) is 36.5 Å². The fraction of sp³-hybridized carbons (Fsp3) is 0.263. The summed E-state index contributed by atoms with van der Waals surface area (Å²) in [6, 6.07) is 8.03. The van der Waals surface area contributed by atoms with Crippen LogP contribution in [0.3, 0.4) is 0 Å². The van der Waals surface area contributed by atoms with E-state index in [1.807, 2.05) is 20.2 Å². The van der Waals surface area contributed by atoms with Crippen LogP contribution in [0.1, 0.15) is 17.0 Å². The Labute approximate surface area is 146 Å². The van der Waals surface area contributed by atoms with Gasteiger partial charge in [0, 0.05) is 35.4 Å². The van der Waals surface area contributed by atoms with Crippen molar-refractivity contribution >= 4 is 11.6 Å².